The average molecular weight is 481 g/mol. The van der Waals surface area contributed by atoms with Gasteiger partial charge in [-0.3, -0.25) is 14.4 Å². The van der Waals surface area contributed by atoms with Gasteiger partial charge < -0.3 is 14.9 Å². The Bertz CT molecular complexity index is 1060. The molecule has 0 aliphatic heterocycles. The summed E-state index contributed by atoms with van der Waals surface area (Å²) in [5, 5.41) is 21.6. The molecule has 188 valence electrons. The van der Waals surface area contributed by atoms with E-state index in [1.165, 1.54) is 0 Å². The normalized spacial score (nSPS) is 40.2. The van der Waals surface area contributed by atoms with Crippen LogP contribution in [0.4, 0.5) is 0 Å². The molecule has 6 heteroatoms. The first-order valence-corrected chi connectivity index (χ1v) is 13.0. The Hall–Kier alpha value is -2.31. The number of esters is 1. The summed E-state index contributed by atoms with van der Waals surface area (Å²) in [4.78, 5) is 38.5. The Morgan fingerprint density at radius 2 is 1.83 bits per heavy atom. The number of Topliss-reactive ketones (excluding diaryl/α,β-unsaturated/α-hetero) is 1. The zero-order chi connectivity index (χ0) is 25.0. The fraction of sp³-hybridized carbons (Fsp3) is 0.621. The van der Waals surface area contributed by atoms with Gasteiger partial charge in [-0.2, -0.15) is 0 Å². The maximum atomic E-state index is 13.3. The minimum absolute atomic E-state index is 0.00808. The van der Waals surface area contributed by atoms with Crippen LogP contribution in [0.5, 0.6) is 0 Å². The minimum Gasteiger partial charge on any atom is -0.450 e. The summed E-state index contributed by atoms with van der Waals surface area (Å²) in [6, 6.07) is 9.28. The quantitative estimate of drug-likeness (QED) is 0.625. The van der Waals surface area contributed by atoms with Crippen molar-refractivity contribution >= 4 is 17.5 Å². The molecule has 0 heterocycles. The smallest absolute Gasteiger partial charge is 0.311 e. The van der Waals surface area contributed by atoms with Crippen LogP contribution in [0, 0.1) is 28.6 Å². The molecular weight excluding hydrogens is 444 g/mol. The monoisotopic (exact) mass is 480 g/mol. The SMILES string of the molecule is CC12CCC(=O)C=C1CCC1C2C(O)CC2(C)C1CCC2(OC(=O)Cc1ccccc1)C(=O)CO. The summed E-state index contributed by atoms with van der Waals surface area (Å²) in [5.74, 6) is -0.519. The van der Waals surface area contributed by atoms with E-state index >= 15 is 0 Å². The number of aliphatic hydroxyl groups is 2. The van der Waals surface area contributed by atoms with Gasteiger partial charge in [0.05, 0.1) is 12.5 Å². The molecule has 4 aliphatic carbocycles. The molecule has 7 atom stereocenters. The summed E-state index contributed by atoms with van der Waals surface area (Å²) < 4.78 is 6.09. The Balaban J connectivity index is 1.48. The molecule has 1 aromatic carbocycles. The van der Waals surface area contributed by atoms with E-state index in [0.29, 0.717) is 25.7 Å². The number of ketones is 2. The van der Waals surface area contributed by atoms with E-state index in [1.807, 2.05) is 37.3 Å². The summed E-state index contributed by atoms with van der Waals surface area (Å²) in [6.45, 7) is 3.47. The van der Waals surface area contributed by atoms with Crippen molar-refractivity contribution in [3.63, 3.8) is 0 Å². The van der Waals surface area contributed by atoms with Crippen LogP contribution in [0.1, 0.15) is 64.4 Å². The third-order valence-electron chi connectivity index (χ3n) is 10.1. The molecule has 3 fully saturated rings. The molecule has 0 bridgehead atoms. The van der Waals surface area contributed by atoms with Gasteiger partial charge in [0.15, 0.2) is 11.4 Å². The fourth-order valence-electron chi connectivity index (χ4n) is 8.48. The summed E-state index contributed by atoms with van der Waals surface area (Å²) >= 11 is 0. The van der Waals surface area contributed by atoms with Crippen molar-refractivity contribution in [2.24, 2.45) is 28.6 Å². The number of hydrogen-bond donors (Lipinski definition) is 2. The second kappa shape index (κ2) is 8.67. The van der Waals surface area contributed by atoms with Crippen LogP contribution in [0.3, 0.4) is 0 Å². The molecule has 0 aromatic heterocycles. The third-order valence-corrected chi connectivity index (χ3v) is 10.1. The third kappa shape index (κ3) is 3.63. The maximum absolute atomic E-state index is 13.3. The number of ether oxygens (including phenoxy) is 1. The molecule has 35 heavy (non-hydrogen) atoms. The Morgan fingerprint density at radius 3 is 2.54 bits per heavy atom. The first-order chi connectivity index (χ1) is 16.6. The minimum atomic E-state index is -1.44. The van der Waals surface area contributed by atoms with E-state index in [1.54, 1.807) is 6.08 Å². The summed E-state index contributed by atoms with van der Waals surface area (Å²) in [6.07, 6.45) is 5.49. The van der Waals surface area contributed by atoms with Gasteiger partial charge in [0.25, 0.3) is 0 Å². The van der Waals surface area contributed by atoms with Crippen molar-refractivity contribution in [3.8, 4) is 0 Å². The lowest BCUT2D eigenvalue weighted by Gasteiger charge is -2.60. The highest BCUT2D eigenvalue weighted by molar-refractivity contribution is 5.93. The van der Waals surface area contributed by atoms with Crippen LogP contribution in [0.15, 0.2) is 42.0 Å². The van der Waals surface area contributed by atoms with Gasteiger partial charge in [-0.25, -0.2) is 0 Å². The molecule has 6 nitrogen and oxygen atoms in total. The van der Waals surface area contributed by atoms with Crippen molar-refractivity contribution in [3.05, 3.63) is 47.5 Å². The molecule has 0 radical (unpaired) electrons. The standard InChI is InChI=1S/C29H36O6/c1-27-12-10-20(31)15-19(27)8-9-21-22-11-13-29(24(33)17-30,28(22,2)16-23(32)26(21)27)35-25(34)14-18-6-4-3-5-7-18/h3-7,15,21-23,26,30,32H,8-14,16-17H2,1-2H3. The van der Waals surface area contributed by atoms with Gasteiger partial charge in [0, 0.05) is 11.8 Å². The fourth-order valence-corrected chi connectivity index (χ4v) is 8.48. The van der Waals surface area contributed by atoms with Crippen molar-refractivity contribution in [1.82, 2.24) is 0 Å². The molecule has 0 amide bonds. The van der Waals surface area contributed by atoms with Crippen molar-refractivity contribution < 1.29 is 29.3 Å². The van der Waals surface area contributed by atoms with E-state index in [2.05, 4.69) is 6.92 Å². The molecular formula is C29H36O6. The number of aliphatic hydroxyl groups excluding tert-OH is 2. The molecule has 1 aromatic rings. The molecule has 5 rings (SSSR count). The van der Waals surface area contributed by atoms with Gasteiger partial charge in [-0.1, -0.05) is 49.8 Å². The van der Waals surface area contributed by atoms with Gasteiger partial charge in [0.2, 0.25) is 5.78 Å². The van der Waals surface area contributed by atoms with Crippen LogP contribution < -0.4 is 0 Å². The second-order valence-corrected chi connectivity index (χ2v) is 11.7. The lowest BCUT2D eigenvalue weighted by atomic mass is 9.45. The van der Waals surface area contributed by atoms with Gasteiger partial charge in [-0.15, -0.1) is 0 Å². The van der Waals surface area contributed by atoms with Crippen LogP contribution in [0.2, 0.25) is 0 Å². The van der Waals surface area contributed by atoms with E-state index in [9.17, 15) is 24.6 Å². The topological polar surface area (TPSA) is 101 Å². The van der Waals surface area contributed by atoms with Crippen molar-refractivity contribution in [2.45, 2.75) is 76.9 Å². The Labute approximate surface area is 206 Å². The van der Waals surface area contributed by atoms with Crippen molar-refractivity contribution in [1.29, 1.82) is 0 Å². The zero-order valence-corrected chi connectivity index (χ0v) is 20.7. The number of hydrogen-bond acceptors (Lipinski definition) is 6. The largest absolute Gasteiger partial charge is 0.450 e. The number of allylic oxidation sites excluding steroid dienone is 1. The molecule has 2 N–H and O–H groups in total. The predicted molar refractivity (Wildman–Crippen MR) is 129 cm³/mol. The number of carbonyl (C=O) groups excluding carboxylic acids is 3. The highest BCUT2D eigenvalue weighted by atomic mass is 16.6. The Morgan fingerprint density at radius 1 is 1.09 bits per heavy atom. The first kappa shape index (κ1) is 24.4. The summed E-state index contributed by atoms with van der Waals surface area (Å²) in [5.41, 5.74) is -0.471. The molecule has 0 saturated heterocycles. The zero-order valence-electron chi connectivity index (χ0n) is 20.7. The molecule has 4 aliphatic rings. The van der Waals surface area contributed by atoms with Crippen LogP contribution in [0.25, 0.3) is 0 Å². The van der Waals surface area contributed by atoms with Crippen LogP contribution in [-0.4, -0.2) is 46.1 Å². The van der Waals surface area contributed by atoms with Gasteiger partial charge in [-0.05, 0) is 73.3 Å². The molecule has 0 spiro atoms. The van der Waals surface area contributed by atoms with Gasteiger partial charge in [0.1, 0.15) is 6.61 Å². The second-order valence-electron chi connectivity index (χ2n) is 11.7. The highest BCUT2D eigenvalue weighted by Gasteiger charge is 2.70. The van der Waals surface area contributed by atoms with Crippen LogP contribution >= 0.6 is 0 Å². The van der Waals surface area contributed by atoms with Gasteiger partial charge >= 0.3 is 5.97 Å². The highest BCUT2D eigenvalue weighted by Crippen LogP contribution is 2.68. The average Bonchev–Trinajstić information content (AvgIpc) is 3.11. The van der Waals surface area contributed by atoms with E-state index < -0.39 is 35.5 Å². The number of carbonyl (C=O) groups is 3. The van der Waals surface area contributed by atoms with Crippen molar-refractivity contribution in [2.75, 3.05) is 6.61 Å². The van der Waals surface area contributed by atoms with E-state index in [4.69, 9.17) is 4.74 Å². The number of rotatable bonds is 5. The lowest BCUT2D eigenvalue weighted by Crippen LogP contribution is -2.63. The number of benzene rings is 1. The maximum Gasteiger partial charge on any atom is 0.311 e. The Kier molecular flexibility index (Phi) is 6.04. The summed E-state index contributed by atoms with van der Waals surface area (Å²) in [7, 11) is 0. The van der Waals surface area contributed by atoms with E-state index in [-0.39, 0.29) is 35.4 Å². The first-order valence-electron chi connectivity index (χ1n) is 13.0. The number of fused-ring (bicyclic) bond motifs is 5. The van der Waals surface area contributed by atoms with Crippen LogP contribution in [-0.2, 0) is 25.5 Å². The van der Waals surface area contributed by atoms with E-state index in [0.717, 1.165) is 30.4 Å². The predicted octanol–water partition coefficient (Wildman–Crippen LogP) is 3.58. The molecule has 3 saturated carbocycles. The molecule has 7 unspecified atom stereocenters. The lowest BCUT2D eigenvalue weighted by molar-refractivity contribution is -0.201.